The monoisotopic (exact) mass is 362 g/mol. The van der Waals surface area contributed by atoms with Crippen molar-refractivity contribution in [1.29, 1.82) is 5.26 Å². The van der Waals surface area contributed by atoms with Gasteiger partial charge in [-0.05, 0) is 19.1 Å². The molecule has 25 heavy (non-hydrogen) atoms. The number of carbonyl (C=O) groups excluding carboxylic acids is 1. The molecule has 1 amide bonds. The van der Waals surface area contributed by atoms with Crippen molar-refractivity contribution in [2.75, 3.05) is 32.7 Å². The highest BCUT2D eigenvalue weighted by atomic mass is 32.2. The lowest BCUT2D eigenvalue weighted by Gasteiger charge is -2.36. The Hall–Kier alpha value is -2.21. The second kappa shape index (κ2) is 8.25. The zero-order valence-electron chi connectivity index (χ0n) is 14.2. The fraction of sp³-hybridized carbons (Fsp3) is 0.412. The van der Waals surface area contributed by atoms with Crippen LogP contribution in [0.2, 0.25) is 0 Å². The van der Waals surface area contributed by atoms with Gasteiger partial charge >= 0.3 is 0 Å². The second-order valence-electron chi connectivity index (χ2n) is 5.76. The van der Waals surface area contributed by atoms with E-state index in [2.05, 4.69) is 11.9 Å². The summed E-state index contributed by atoms with van der Waals surface area (Å²) in [6.07, 6.45) is 1.61. The molecule has 1 fully saturated rings. The normalized spacial score (nSPS) is 17.4. The summed E-state index contributed by atoms with van der Waals surface area (Å²) >= 11 is 0. The van der Waals surface area contributed by atoms with Crippen LogP contribution in [0, 0.1) is 11.3 Å². The van der Waals surface area contributed by atoms with Crippen molar-refractivity contribution in [2.45, 2.75) is 17.9 Å². The highest BCUT2D eigenvalue weighted by Gasteiger charge is 2.32. The third-order valence-electron chi connectivity index (χ3n) is 4.25. The summed E-state index contributed by atoms with van der Waals surface area (Å²) in [7, 11) is -3.72. The zero-order valence-corrected chi connectivity index (χ0v) is 15.0. The second-order valence-corrected chi connectivity index (χ2v) is 7.66. The predicted molar refractivity (Wildman–Crippen MR) is 94.2 cm³/mol. The Bertz CT molecular complexity index is 777. The first kappa shape index (κ1) is 19.1. The molecule has 0 radical (unpaired) electrons. The topological polar surface area (TPSA) is 93.5 Å². The maximum absolute atomic E-state index is 12.8. The van der Waals surface area contributed by atoms with Crippen LogP contribution in [-0.4, -0.2) is 62.3 Å². The van der Waals surface area contributed by atoms with Crippen LogP contribution >= 0.6 is 0 Å². The van der Waals surface area contributed by atoms with Gasteiger partial charge in [0.1, 0.15) is 6.07 Å². The molecule has 1 N–H and O–H groups in total. The van der Waals surface area contributed by atoms with Crippen LogP contribution in [0.25, 0.3) is 0 Å². The molecule has 0 aromatic heterocycles. The third-order valence-corrected chi connectivity index (χ3v) is 6.20. The van der Waals surface area contributed by atoms with E-state index in [0.717, 1.165) is 0 Å². The van der Waals surface area contributed by atoms with Gasteiger partial charge in [-0.3, -0.25) is 9.69 Å². The number of nitriles is 1. The molecule has 7 nitrogen and oxygen atoms in total. The molecule has 0 bridgehead atoms. The molecule has 1 heterocycles. The van der Waals surface area contributed by atoms with Crippen LogP contribution in [0.5, 0.6) is 0 Å². The van der Waals surface area contributed by atoms with Gasteiger partial charge in [-0.15, -0.1) is 6.58 Å². The number of hydrogen-bond donors (Lipinski definition) is 1. The molecule has 1 aliphatic heterocycles. The standard InChI is InChI=1S/C17H22N4O3S/c1-3-8-19-17(22)14(2)20-9-11-21(12-10-20)25(23,24)16-7-5-4-6-15(16)13-18/h3-7,14H,1,8-12H2,2H3,(H,19,22)/t14-/m1/s1. The van der Waals surface area contributed by atoms with E-state index >= 15 is 0 Å². The van der Waals surface area contributed by atoms with E-state index in [4.69, 9.17) is 5.26 Å². The van der Waals surface area contributed by atoms with Gasteiger partial charge in [-0.2, -0.15) is 9.57 Å². The molecule has 1 aromatic rings. The summed E-state index contributed by atoms with van der Waals surface area (Å²) in [6, 6.07) is 7.78. The van der Waals surface area contributed by atoms with Crippen molar-refractivity contribution in [3.05, 3.63) is 42.5 Å². The molecule has 0 aliphatic carbocycles. The summed E-state index contributed by atoms with van der Waals surface area (Å²) in [4.78, 5) is 14.0. The molecule has 1 atom stereocenters. The van der Waals surface area contributed by atoms with Crippen molar-refractivity contribution in [1.82, 2.24) is 14.5 Å². The maximum Gasteiger partial charge on any atom is 0.244 e. The number of nitrogens with one attached hydrogen (secondary N) is 1. The number of nitrogens with zero attached hydrogens (tertiary/aromatic N) is 3. The maximum atomic E-state index is 12.8. The first-order valence-electron chi connectivity index (χ1n) is 8.03. The summed E-state index contributed by atoms with van der Waals surface area (Å²) in [5, 5.41) is 11.9. The van der Waals surface area contributed by atoms with Crippen molar-refractivity contribution in [3.63, 3.8) is 0 Å². The minimum atomic E-state index is -3.72. The Labute approximate surface area is 148 Å². The van der Waals surface area contributed by atoms with Gasteiger partial charge in [-0.1, -0.05) is 18.2 Å². The largest absolute Gasteiger partial charge is 0.351 e. The van der Waals surface area contributed by atoms with Gasteiger partial charge in [0.25, 0.3) is 0 Å². The van der Waals surface area contributed by atoms with Crippen LogP contribution in [0.4, 0.5) is 0 Å². The smallest absolute Gasteiger partial charge is 0.244 e. The van der Waals surface area contributed by atoms with Gasteiger partial charge in [0.2, 0.25) is 15.9 Å². The molecule has 0 unspecified atom stereocenters. The molecular formula is C17H22N4O3S. The van der Waals surface area contributed by atoms with Crippen LogP contribution in [0.15, 0.2) is 41.8 Å². The Morgan fingerprint density at radius 3 is 2.60 bits per heavy atom. The average Bonchev–Trinajstić information content (AvgIpc) is 2.65. The fourth-order valence-corrected chi connectivity index (χ4v) is 4.30. The van der Waals surface area contributed by atoms with Gasteiger partial charge in [-0.25, -0.2) is 8.42 Å². The minimum absolute atomic E-state index is 0.0303. The number of hydrogen-bond acceptors (Lipinski definition) is 5. The molecule has 2 rings (SSSR count). The van der Waals surface area contributed by atoms with E-state index in [-0.39, 0.29) is 35.5 Å². The van der Waals surface area contributed by atoms with Crippen molar-refractivity contribution >= 4 is 15.9 Å². The van der Waals surface area contributed by atoms with Crippen LogP contribution in [-0.2, 0) is 14.8 Å². The summed E-state index contributed by atoms with van der Waals surface area (Å²) in [6.45, 7) is 7.23. The minimum Gasteiger partial charge on any atom is -0.351 e. The Morgan fingerprint density at radius 2 is 2.00 bits per heavy atom. The molecule has 8 heteroatoms. The van der Waals surface area contributed by atoms with E-state index in [9.17, 15) is 13.2 Å². The first-order valence-corrected chi connectivity index (χ1v) is 9.47. The molecule has 1 saturated heterocycles. The van der Waals surface area contributed by atoms with Gasteiger partial charge in [0, 0.05) is 32.7 Å². The summed E-state index contributed by atoms with van der Waals surface area (Å²) < 4.78 is 26.9. The number of sulfonamides is 1. The van der Waals surface area contributed by atoms with Crippen molar-refractivity contribution < 1.29 is 13.2 Å². The molecular weight excluding hydrogens is 340 g/mol. The lowest BCUT2D eigenvalue weighted by atomic mass is 10.2. The molecule has 0 spiro atoms. The fourth-order valence-electron chi connectivity index (χ4n) is 2.74. The van der Waals surface area contributed by atoms with E-state index in [0.29, 0.717) is 19.6 Å². The zero-order chi connectivity index (χ0) is 18.4. The Kier molecular flexibility index (Phi) is 6.31. The average molecular weight is 362 g/mol. The lowest BCUT2D eigenvalue weighted by Crippen LogP contribution is -2.54. The Morgan fingerprint density at radius 1 is 1.36 bits per heavy atom. The molecule has 0 saturated carbocycles. The van der Waals surface area contributed by atoms with Crippen molar-refractivity contribution in [3.8, 4) is 6.07 Å². The number of amides is 1. The highest BCUT2D eigenvalue weighted by molar-refractivity contribution is 7.89. The number of carbonyl (C=O) groups is 1. The lowest BCUT2D eigenvalue weighted by molar-refractivity contribution is -0.126. The number of benzene rings is 1. The van der Waals surface area contributed by atoms with Crippen molar-refractivity contribution in [2.24, 2.45) is 0 Å². The van der Waals surface area contributed by atoms with Crippen LogP contribution in [0.3, 0.4) is 0 Å². The third kappa shape index (κ3) is 4.25. The van der Waals surface area contributed by atoms with E-state index in [1.807, 2.05) is 11.0 Å². The number of piperazine rings is 1. The first-order chi connectivity index (χ1) is 11.9. The predicted octanol–water partition coefficient (Wildman–Crippen LogP) is 0.555. The summed E-state index contributed by atoms with van der Waals surface area (Å²) in [5.41, 5.74) is 0.141. The number of rotatable bonds is 6. The van der Waals surface area contributed by atoms with Crippen LogP contribution in [0.1, 0.15) is 12.5 Å². The Balaban J connectivity index is 2.05. The molecule has 1 aromatic carbocycles. The van der Waals surface area contributed by atoms with Gasteiger partial charge in [0.05, 0.1) is 16.5 Å². The molecule has 134 valence electrons. The van der Waals surface area contributed by atoms with E-state index < -0.39 is 10.0 Å². The summed E-state index contributed by atoms with van der Waals surface area (Å²) in [5.74, 6) is -0.106. The van der Waals surface area contributed by atoms with Gasteiger partial charge in [0.15, 0.2) is 0 Å². The van der Waals surface area contributed by atoms with E-state index in [1.165, 1.54) is 16.4 Å². The van der Waals surface area contributed by atoms with Gasteiger partial charge < -0.3 is 5.32 Å². The quantitative estimate of drug-likeness (QED) is 0.746. The highest BCUT2D eigenvalue weighted by Crippen LogP contribution is 2.21. The van der Waals surface area contributed by atoms with E-state index in [1.54, 1.807) is 25.1 Å². The van der Waals surface area contributed by atoms with Crippen LogP contribution < -0.4 is 5.32 Å². The SMILES string of the molecule is C=CCNC(=O)[C@@H](C)N1CCN(S(=O)(=O)c2ccccc2C#N)CC1. The molecule has 1 aliphatic rings.